The first-order chi connectivity index (χ1) is 10.2. The zero-order chi connectivity index (χ0) is 14.8. The van der Waals surface area contributed by atoms with E-state index in [4.69, 9.17) is 13.9 Å². The van der Waals surface area contributed by atoms with Gasteiger partial charge in [-0.3, -0.25) is 0 Å². The van der Waals surface area contributed by atoms with Gasteiger partial charge in [0.05, 0.1) is 6.61 Å². The number of furan rings is 1. The first-order valence-electron chi connectivity index (χ1n) is 5.98. The van der Waals surface area contributed by atoms with Crippen molar-refractivity contribution >= 4 is 16.9 Å². The topological polar surface area (TPSA) is 103 Å². The number of carbonyl (C=O) groups is 1. The normalized spacial score (nSPS) is 10.8. The van der Waals surface area contributed by atoms with Crippen LogP contribution in [0.15, 0.2) is 22.8 Å². The third-order valence-corrected chi connectivity index (χ3v) is 2.66. The summed E-state index contributed by atoms with van der Waals surface area (Å²) in [6.45, 7) is 1.89. The molecule has 2 heterocycles. The molecule has 0 saturated carbocycles. The Morgan fingerprint density at radius 2 is 2.33 bits per heavy atom. The first kappa shape index (κ1) is 13.0. The van der Waals surface area contributed by atoms with Crippen molar-refractivity contribution in [2.45, 2.75) is 6.92 Å². The van der Waals surface area contributed by atoms with E-state index in [1.807, 2.05) is 0 Å². The molecule has 9 heteroatoms. The van der Waals surface area contributed by atoms with Crippen LogP contribution in [0.1, 0.15) is 17.3 Å². The van der Waals surface area contributed by atoms with Gasteiger partial charge in [-0.15, -0.1) is 0 Å². The minimum atomic E-state index is -0.689. The van der Waals surface area contributed by atoms with E-state index in [0.717, 1.165) is 6.07 Å². The van der Waals surface area contributed by atoms with Gasteiger partial charge in [-0.2, -0.15) is 0 Å². The number of hydrogen-bond donors (Lipinski definition) is 1. The van der Waals surface area contributed by atoms with Crippen LogP contribution in [0.25, 0.3) is 11.0 Å². The maximum Gasteiger partial charge on any atom is 0.342 e. The quantitative estimate of drug-likeness (QED) is 0.734. The lowest BCUT2D eigenvalue weighted by Gasteiger charge is -2.03. The van der Waals surface area contributed by atoms with E-state index in [9.17, 15) is 9.18 Å². The van der Waals surface area contributed by atoms with Crippen LogP contribution in [-0.4, -0.2) is 33.2 Å². The van der Waals surface area contributed by atoms with Crippen LogP contribution in [-0.2, 0) is 4.74 Å². The molecule has 0 saturated heterocycles. The number of nitrogens with zero attached hydrogens (tertiary/aromatic N) is 3. The van der Waals surface area contributed by atoms with Gasteiger partial charge in [-0.05, 0) is 23.4 Å². The van der Waals surface area contributed by atoms with Crippen LogP contribution in [0.2, 0.25) is 0 Å². The highest BCUT2D eigenvalue weighted by molar-refractivity contribution is 6.03. The van der Waals surface area contributed by atoms with E-state index in [1.165, 1.54) is 12.3 Å². The van der Waals surface area contributed by atoms with Crippen molar-refractivity contribution in [3.05, 3.63) is 29.8 Å². The molecule has 0 bridgehead atoms. The molecule has 0 aliphatic carbocycles. The van der Waals surface area contributed by atoms with Crippen molar-refractivity contribution in [2.24, 2.45) is 0 Å². The third kappa shape index (κ3) is 2.40. The Bertz CT molecular complexity index is 784. The Hall–Kier alpha value is -2.97. The number of aromatic nitrogens is 4. The lowest BCUT2D eigenvalue weighted by Crippen LogP contribution is -2.03. The molecule has 3 rings (SSSR count). The van der Waals surface area contributed by atoms with E-state index in [0.29, 0.717) is 5.39 Å². The molecule has 0 spiro atoms. The van der Waals surface area contributed by atoms with Crippen LogP contribution in [0.3, 0.4) is 0 Å². The van der Waals surface area contributed by atoms with Crippen molar-refractivity contribution in [2.75, 3.05) is 6.61 Å². The number of rotatable bonds is 4. The largest absolute Gasteiger partial charge is 0.463 e. The Morgan fingerprint density at radius 1 is 1.48 bits per heavy atom. The molecule has 0 aliphatic heterocycles. The van der Waals surface area contributed by atoms with Crippen molar-refractivity contribution in [1.29, 1.82) is 0 Å². The van der Waals surface area contributed by atoms with Gasteiger partial charge in [0.2, 0.25) is 0 Å². The predicted molar refractivity (Wildman–Crippen MR) is 66.4 cm³/mol. The van der Waals surface area contributed by atoms with Gasteiger partial charge >= 0.3 is 12.0 Å². The summed E-state index contributed by atoms with van der Waals surface area (Å²) in [6, 6.07) is 2.37. The Morgan fingerprint density at radius 3 is 3.05 bits per heavy atom. The summed E-state index contributed by atoms with van der Waals surface area (Å²) < 4.78 is 29.2. The number of aromatic amines is 1. The monoisotopic (exact) mass is 292 g/mol. The average molecular weight is 292 g/mol. The number of esters is 1. The maximum atomic E-state index is 14.0. The van der Waals surface area contributed by atoms with E-state index in [-0.39, 0.29) is 29.5 Å². The zero-order valence-electron chi connectivity index (χ0n) is 10.8. The Balaban J connectivity index is 1.99. The maximum absolute atomic E-state index is 14.0. The predicted octanol–water partition coefficient (Wildman–Crippen LogP) is 2.05. The van der Waals surface area contributed by atoms with Crippen molar-refractivity contribution < 1.29 is 23.1 Å². The summed E-state index contributed by atoms with van der Waals surface area (Å²) in [6.07, 6.45) is 1.21. The fourth-order valence-electron chi connectivity index (χ4n) is 1.77. The van der Waals surface area contributed by atoms with E-state index in [1.54, 1.807) is 6.92 Å². The molecule has 0 unspecified atom stereocenters. The molecule has 108 valence electrons. The standard InChI is InChI=1S/C12H9FN4O4/c1-2-19-11(18)7-5-20-9-4-10(8(13)3-6(7)9)21-12-14-16-17-15-12/h3-5H,2H2,1H3,(H,14,15,16,17). The molecule has 1 aromatic carbocycles. The fourth-order valence-corrected chi connectivity index (χ4v) is 1.77. The second-order valence-corrected chi connectivity index (χ2v) is 3.96. The highest BCUT2D eigenvalue weighted by Gasteiger charge is 2.18. The molecule has 0 amide bonds. The number of tetrazole rings is 1. The van der Waals surface area contributed by atoms with Gasteiger partial charge in [-0.1, -0.05) is 5.10 Å². The number of hydrogen-bond acceptors (Lipinski definition) is 7. The molecule has 0 fully saturated rings. The number of fused-ring (bicyclic) bond motifs is 1. The van der Waals surface area contributed by atoms with Gasteiger partial charge in [0.15, 0.2) is 11.6 Å². The first-order valence-corrected chi connectivity index (χ1v) is 5.98. The SMILES string of the molecule is CCOC(=O)c1coc2cc(Oc3nnn[nH]3)c(F)cc12. The van der Waals surface area contributed by atoms with E-state index in [2.05, 4.69) is 20.6 Å². The lowest BCUT2D eigenvalue weighted by atomic mass is 10.1. The molecule has 0 radical (unpaired) electrons. The summed E-state index contributed by atoms with van der Waals surface area (Å²) >= 11 is 0. The second-order valence-electron chi connectivity index (χ2n) is 3.96. The van der Waals surface area contributed by atoms with Crippen molar-refractivity contribution in [3.63, 3.8) is 0 Å². The number of ether oxygens (including phenoxy) is 2. The highest BCUT2D eigenvalue weighted by atomic mass is 19.1. The molecule has 21 heavy (non-hydrogen) atoms. The second kappa shape index (κ2) is 5.19. The molecule has 0 aliphatic rings. The van der Waals surface area contributed by atoms with Crippen LogP contribution in [0.4, 0.5) is 4.39 Å². The third-order valence-electron chi connectivity index (χ3n) is 2.66. The molecule has 8 nitrogen and oxygen atoms in total. The van der Waals surface area contributed by atoms with Crippen molar-refractivity contribution in [1.82, 2.24) is 20.6 Å². The highest BCUT2D eigenvalue weighted by Crippen LogP contribution is 2.30. The zero-order valence-corrected chi connectivity index (χ0v) is 10.8. The van der Waals surface area contributed by atoms with Gasteiger partial charge < -0.3 is 13.9 Å². The Labute approximate surface area is 116 Å². The Kier molecular flexibility index (Phi) is 3.22. The van der Waals surface area contributed by atoms with E-state index >= 15 is 0 Å². The van der Waals surface area contributed by atoms with Crippen LogP contribution < -0.4 is 4.74 Å². The summed E-state index contributed by atoms with van der Waals surface area (Å²) in [5, 5.41) is 12.7. The smallest absolute Gasteiger partial charge is 0.342 e. The number of H-pyrrole nitrogens is 1. The molecular formula is C12H9FN4O4. The number of benzene rings is 1. The van der Waals surface area contributed by atoms with Gasteiger partial charge in [0.25, 0.3) is 0 Å². The molecule has 1 N–H and O–H groups in total. The fraction of sp³-hybridized carbons (Fsp3) is 0.167. The minimum Gasteiger partial charge on any atom is -0.463 e. The molecule has 3 aromatic rings. The van der Waals surface area contributed by atoms with Crippen molar-refractivity contribution in [3.8, 4) is 11.8 Å². The minimum absolute atomic E-state index is 0.0644. The molecular weight excluding hydrogens is 283 g/mol. The van der Waals surface area contributed by atoms with Crippen LogP contribution in [0.5, 0.6) is 11.8 Å². The molecule has 0 atom stereocenters. The average Bonchev–Trinajstić information content (AvgIpc) is 3.09. The summed E-state index contributed by atoms with van der Waals surface area (Å²) in [5.74, 6) is -1.40. The van der Waals surface area contributed by atoms with Crippen LogP contribution >= 0.6 is 0 Å². The van der Waals surface area contributed by atoms with E-state index < -0.39 is 11.8 Å². The van der Waals surface area contributed by atoms with Gasteiger partial charge in [-0.25, -0.2) is 14.3 Å². The summed E-state index contributed by atoms with van der Waals surface area (Å²) in [4.78, 5) is 11.7. The number of nitrogens with one attached hydrogen (secondary N) is 1. The number of carbonyl (C=O) groups excluding carboxylic acids is 1. The summed E-state index contributed by atoms with van der Waals surface area (Å²) in [7, 11) is 0. The van der Waals surface area contributed by atoms with Crippen LogP contribution in [0, 0.1) is 5.82 Å². The lowest BCUT2D eigenvalue weighted by molar-refractivity contribution is 0.0527. The summed E-state index contributed by atoms with van der Waals surface area (Å²) in [5.41, 5.74) is 0.431. The van der Waals surface area contributed by atoms with Gasteiger partial charge in [0.1, 0.15) is 17.4 Å². The number of halogens is 1. The van der Waals surface area contributed by atoms with Gasteiger partial charge in [0, 0.05) is 11.5 Å². The molecule has 2 aromatic heterocycles.